The quantitative estimate of drug-likeness (QED) is 0.898. The van der Waals surface area contributed by atoms with E-state index in [4.69, 9.17) is 0 Å². The van der Waals surface area contributed by atoms with E-state index in [1.54, 1.807) is 0 Å². The zero-order chi connectivity index (χ0) is 15.6. The molecule has 0 saturated heterocycles. The predicted octanol–water partition coefficient (Wildman–Crippen LogP) is 4.44. The minimum absolute atomic E-state index is 0.938. The molecule has 1 heterocycles. The van der Waals surface area contributed by atoms with E-state index in [9.17, 15) is 0 Å². The lowest BCUT2D eigenvalue weighted by molar-refractivity contribution is 0.314. The maximum absolute atomic E-state index is 3.44. The normalized spacial score (nSPS) is 17.4. The lowest BCUT2D eigenvalue weighted by Crippen LogP contribution is -2.23. The second kappa shape index (κ2) is 6.37. The van der Waals surface area contributed by atoms with Crippen LogP contribution in [0, 0.1) is 5.92 Å². The van der Waals surface area contributed by atoms with Crippen molar-refractivity contribution in [2.75, 3.05) is 18.5 Å². The molecule has 2 aliphatic rings. The Morgan fingerprint density at radius 2 is 1.78 bits per heavy atom. The summed E-state index contributed by atoms with van der Waals surface area (Å²) >= 11 is 0. The Morgan fingerprint density at radius 3 is 2.52 bits per heavy atom. The molecule has 1 N–H and O–H groups in total. The lowest BCUT2D eigenvalue weighted by Gasteiger charge is -2.26. The Balaban J connectivity index is 1.50. The van der Waals surface area contributed by atoms with Crippen LogP contribution in [0.2, 0.25) is 0 Å². The van der Waals surface area contributed by atoms with Crippen LogP contribution in [0.4, 0.5) is 11.4 Å². The van der Waals surface area contributed by atoms with Gasteiger partial charge in [-0.25, -0.2) is 0 Å². The molecule has 1 aliphatic heterocycles. The fourth-order valence-corrected chi connectivity index (χ4v) is 3.71. The molecule has 2 aromatic rings. The second-order valence-corrected chi connectivity index (χ2v) is 7.11. The topological polar surface area (TPSA) is 15.3 Å². The third kappa shape index (κ3) is 3.13. The minimum Gasteiger partial charge on any atom is -0.345 e. The predicted molar refractivity (Wildman–Crippen MR) is 97.4 cm³/mol. The van der Waals surface area contributed by atoms with E-state index < -0.39 is 0 Å². The molecule has 1 fully saturated rings. The first-order valence-corrected chi connectivity index (χ1v) is 8.95. The SMILES string of the molecule is CN(c1ccc(CC2CCC2)cc1)c1ccc2c(c1)CCNC2. The Morgan fingerprint density at radius 1 is 1.00 bits per heavy atom. The van der Waals surface area contributed by atoms with E-state index in [1.165, 1.54) is 53.7 Å². The molecule has 1 aliphatic carbocycles. The lowest BCUT2D eigenvalue weighted by atomic mass is 9.81. The molecule has 0 bridgehead atoms. The van der Waals surface area contributed by atoms with Crippen molar-refractivity contribution in [3.05, 3.63) is 59.2 Å². The molecule has 0 radical (unpaired) electrons. The molecule has 0 unspecified atom stereocenters. The van der Waals surface area contributed by atoms with Gasteiger partial charge in [-0.05, 0) is 66.3 Å². The van der Waals surface area contributed by atoms with Crippen LogP contribution < -0.4 is 10.2 Å². The van der Waals surface area contributed by atoms with E-state index in [2.05, 4.69) is 59.7 Å². The molecule has 23 heavy (non-hydrogen) atoms. The molecule has 2 heteroatoms. The highest BCUT2D eigenvalue weighted by atomic mass is 15.1. The highest BCUT2D eigenvalue weighted by molar-refractivity contribution is 5.64. The van der Waals surface area contributed by atoms with Crippen LogP contribution in [0.3, 0.4) is 0 Å². The number of fused-ring (bicyclic) bond motifs is 1. The average molecular weight is 306 g/mol. The number of anilines is 2. The number of hydrogen-bond donors (Lipinski definition) is 1. The van der Waals surface area contributed by atoms with Gasteiger partial charge in [-0.1, -0.05) is 37.5 Å². The van der Waals surface area contributed by atoms with Gasteiger partial charge in [-0.15, -0.1) is 0 Å². The number of rotatable bonds is 4. The largest absolute Gasteiger partial charge is 0.345 e. The van der Waals surface area contributed by atoms with Crippen LogP contribution in [0.5, 0.6) is 0 Å². The highest BCUT2D eigenvalue weighted by Crippen LogP contribution is 2.31. The molecular weight excluding hydrogens is 280 g/mol. The van der Waals surface area contributed by atoms with E-state index >= 15 is 0 Å². The van der Waals surface area contributed by atoms with Crippen molar-refractivity contribution >= 4 is 11.4 Å². The zero-order valence-corrected chi connectivity index (χ0v) is 14.0. The Hall–Kier alpha value is -1.80. The maximum Gasteiger partial charge on any atom is 0.0411 e. The van der Waals surface area contributed by atoms with E-state index in [0.717, 1.165) is 25.4 Å². The standard InChI is InChI=1S/C21H26N2/c1-23(21-10-7-19-15-22-12-11-18(19)14-21)20-8-5-17(6-9-20)13-16-3-2-4-16/h5-10,14,16,22H,2-4,11-13,15H2,1H3. The molecule has 0 atom stereocenters. The average Bonchev–Trinajstić information content (AvgIpc) is 2.57. The fourth-order valence-electron chi connectivity index (χ4n) is 3.71. The maximum atomic E-state index is 3.44. The number of nitrogens with one attached hydrogen (secondary N) is 1. The van der Waals surface area contributed by atoms with Crippen LogP contribution in [-0.4, -0.2) is 13.6 Å². The van der Waals surface area contributed by atoms with Gasteiger partial charge < -0.3 is 10.2 Å². The second-order valence-electron chi connectivity index (χ2n) is 7.11. The third-order valence-corrected chi connectivity index (χ3v) is 5.54. The third-order valence-electron chi connectivity index (χ3n) is 5.54. The van der Waals surface area contributed by atoms with Gasteiger partial charge in [0.1, 0.15) is 0 Å². The summed E-state index contributed by atoms with van der Waals surface area (Å²) in [4.78, 5) is 2.30. The van der Waals surface area contributed by atoms with Crippen molar-refractivity contribution in [1.29, 1.82) is 0 Å². The monoisotopic (exact) mass is 306 g/mol. The highest BCUT2D eigenvalue weighted by Gasteiger charge is 2.17. The van der Waals surface area contributed by atoms with Gasteiger partial charge in [-0.3, -0.25) is 0 Å². The molecule has 0 spiro atoms. The Bertz CT molecular complexity index is 671. The Kier molecular flexibility index (Phi) is 4.09. The van der Waals surface area contributed by atoms with Crippen molar-refractivity contribution in [3.8, 4) is 0 Å². The first kappa shape index (κ1) is 14.8. The molecule has 2 aromatic carbocycles. The molecule has 0 amide bonds. The molecule has 0 aromatic heterocycles. The Labute approximate surface area is 139 Å². The summed E-state index contributed by atoms with van der Waals surface area (Å²) in [5.41, 5.74) is 7.00. The van der Waals surface area contributed by atoms with Crippen molar-refractivity contribution in [3.63, 3.8) is 0 Å². The first-order chi connectivity index (χ1) is 11.3. The van der Waals surface area contributed by atoms with Crippen molar-refractivity contribution in [2.24, 2.45) is 5.92 Å². The van der Waals surface area contributed by atoms with Gasteiger partial charge in [0, 0.05) is 25.0 Å². The summed E-state index contributed by atoms with van der Waals surface area (Å²) in [5.74, 6) is 0.938. The van der Waals surface area contributed by atoms with Crippen LogP contribution >= 0.6 is 0 Å². The zero-order valence-electron chi connectivity index (χ0n) is 14.0. The molecule has 120 valence electrons. The van der Waals surface area contributed by atoms with E-state index in [1.807, 2.05) is 0 Å². The molecule has 4 rings (SSSR count). The van der Waals surface area contributed by atoms with Gasteiger partial charge in [0.2, 0.25) is 0 Å². The summed E-state index contributed by atoms with van der Waals surface area (Å²) in [6.45, 7) is 2.10. The minimum atomic E-state index is 0.938. The molecule has 1 saturated carbocycles. The smallest absolute Gasteiger partial charge is 0.0411 e. The summed E-state index contributed by atoms with van der Waals surface area (Å²) in [6.07, 6.45) is 6.67. The van der Waals surface area contributed by atoms with Crippen LogP contribution in [0.1, 0.15) is 36.0 Å². The number of benzene rings is 2. The van der Waals surface area contributed by atoms with Crippen LogP contribution in [0.15, 0.2) is 42.5 Å². The van der Waals surface area contributed by atoms with Gasteiger partial charge >= 0.3 is 0 Å². The molecule has 2 nitrogen and oxygen atoms in total. The fraction of sp³-hybridized carbons (Fsp3) is 0.429. The van der Waals surface area contributed by atoms with Gasteiger partial charge in [-0.2, -0.15) is 0 Å². The van der Waals surface area contributed by atoms with Crippen molar-refractivity contribution in [1.82, 2.24) is 5.32 Å². The van der Waals surface area contributed by atoms with E-state index in [-0.39, 0.29) is 0 Å². The summed E-state index contributed by atoms with van der Waals surface area (Å²) in [5, 5.41) is 3.44. The van der Waals surface area contributed by atoms with Gasteiger partial charge in [0.15, 0.2) is 0 Å². The van der Waals surface area contributed by atoms with Crippen molar-refractivity contribution in [2.45, 2.75) is 38.6 Å². The number of hydrogen-bond acceptors (Lipinski definition) is 2. The van der Waals surface area contributed by atoms with Gasteiger partial charge in [0.25, 0.3) is 0 Å². The summed E-state index contributed by atoms with van der Waals surface area (Å²) < 4.78 is 0. The molecular formula is C21H26N2. The first-order valence-electron chi connectivity index (χ1n) is 8.95. The summed E-state index contributed by atoms with van der Waals surface area (Å²) in [6, 6.07) is 16.0. The van der Waals surface area contributed by atoms with Crippen LogP contribution in [0.25, 0.3) is 0 Å². The summed E-state index contributed by atoms with van der Waals surface area (Å²) in [7, 11) is 2.17. The van der Waals surface area contributed by atoms with Gasteiger partial charge in [0.05, 0.1) is 0 Å². The van der Waals surface area contributed by atoms with E-state index in [0.29, 0.717) is 0 Å². The van der Waals surface area contributed by atoms with Crippen LogP contribution in [-0.2, 0) is 19.4 Å². The number of nitrogens with zero attached hydrogens (tertiary/aromatic N) is 1. The van der Waals surface area contributed by atoms with Crippen molar-refractivity contribution < 1.29 is 0 Å².